The van der Waals surface area contributed by atoms with Crippen LogP contribution in [0.5, 0.6) is 0 Å². The Morgan fingerprint density at radius 2 is 1.83 bits per heavy atom. The Balaban J connectivity index is 2.04. The summed E-state index contributed by atoms with van der Waals surface area (Å²) in [6, 6.07) is 15.5. The third kappa shape index (κ3) is 3.16. The predicted molar refractivity (Wildman–Crippen MR) is 99.2 cm³/mol. The molecule has 3 N–H and O–H groups in total. The van der Waals surface area contributed by atoms with Crippen LogP contribution in [0, 0.1) is 5.92 Å². The number of rotatable bonds is 4. The van der Waals surface area contributed by atoms with Crippen molar-refractivity contribution in [2.45, 2.75) is 13.8 Å². The Hall–Kier alpha value is -2.66. The molecule has 1 aromatic heterocycles. The van der Waals surface area contributed by atoms with Crippen LogP contribution >= 0.6 is 11.3 Å². The fourth-order valence-corrected chi connectivity index (χ4v) is 3.51. The predicted octanol–water partition coefficient (Wildman–Crippen LogP) is 4.26. The molecular formula is C19H18N2O2S. The molecule has 0 radical (unpaired) electrons. The molecule has 0 aliphatic heterocycles. The van der Waals surface area contributed by atoms with Gasteiger partial charge >= 0.3 is 0 Å². The van der Waals surface area contributed by atoms with E-state index in [4.69, 9.17) is 5.73 Å². The zero-order chi connectivity index (χ0) is 17.3. The van der Waals surface area contributed by atoms with Gasteiger partial charge in [0.15, 0.2) is 0 Å². The lowest BCUT2D eigenvalue weighted by Gasteiger charge is -2.10. The minimum absolute atomic E-state index is 0.0162. The highest BCUT2D eigenvalue weighted by molar-refractivity contribution is 7.21. The van der Waals surface area contributed by atoms with Crippen LogP contribution < -0.4 is 11.1 Å². The number of hydrogen-bond acceptors (Lipinski definition) is 3. The second-order valence-electron chi connectivity index (χ2n) is 5.92. The van der Waals surface area contributed by atoms with Crippen molar-refractivity contribution in [1.29, 1.82) is 0 Å². The lowest BCUT2D eigenvalue weighted by molar-refractivity contribution is -0.118. The SMILES string of the molecule is CC(C)C(=O)Nc1cccc(-c2cccc3cc(C(N)=O)sc23)c1. The summed E-state index contributed by atoms with van der Waals surface area (Å²) in [5, 5.41) is 3.90. The third-order valence-corrected chi connectivity index (χ3v) is 4.95. The van der Waals surface area contributed by atoms with Crippen molar-refractivity contribution in [3.8, 4) is 11.1 Å². The van der Waals surface area contributed by atoms with Gasteiger partial charge in [-0.1, -0.05) is 44.2 Å². The molecule has 0 spiro atoms. The number of nitrogens with one attached hydrogen (secondary N) is 1. The van der Waals surface area contributed by atoms with Gasteiger partial charge in [-0.2, -0.15) is 0 Å². The van der Waals surface area contributed by atoms with E-state index in [1.54, 1.807) is 0 Å². The molecule has 3 rings (SSSR count). The zero-order valence-corrected chi connectivity index (χ0v) is 14.3. The Morgan fingerprint density at radius 3 is 2.54 bits per heavy atom. The molecule has 2 aromatic carbocycles. The summed E-state index contributed by atoms with van der Waals surface area (Å²) >= 11 is 1.39. The van der Waals surface area contributed by atoms with E-state index in [-0.39, 0.29) is 11.8 Å². The van der Waals surface area contributed by atoms with E-state index in [0.29, 0.717) is 4.88 Å². The first kappa shape index (κ1) is 16.2. The molecule has 3 aromatic rings. The van der Waals surface area contributed by atoms with E-state index >= 15 is 0 Å². The van der Waals surface area contributed by atoms with Crippen molar-refractivity contribution in [2.24, 2.45) is 11.7 Å². The highest BCUT2D eigenvalue weighted by Crippen LogP contribution is 2.35. The van der Waals surface area contributed by atoms with Crippen molar-refractivity contribution in [3.05, 3.63) is 53.4 Å². The largest absolute Gasteiger partial charge is 0.365 e. The van der Waals surface area contributed by atoms with E-state index in [0.717, 1.165) is 26.9 Å². The summed E-state index contributed by atoms with van der Waals surface area (Å²) in [6.07, 6.45) is 0. The molecule has 0 bridgehead atoms. The van der Waals surface area contributed by atoms with Gasteiger partial charge in [0.2, 0.25) is 5.91 Å². The van der Waals surface area contributed by atoms with Crippen LogP contribution in [0.25, 0.3) is 21.2 Å². The Bertz CT molecular complexity index is 928. The van der Waals surface area contributed by atoms with E-state index in [9.17, 15) is 9.59 Å². The van der Waals surface area contributed by atoms with E-state index in [2.05, 4.69) is 5.32 Å². The molecule has 5 heteroatoms. The zero-order valence-electron chi connectivity index (χ0n) is 13.5. The van der Waals surface area contributed by atoms with Crippen LogP contribution in [0.3, 0.4) is 0 Å². The monoisotopic (exact) mass is 338 g/mol. The van der Waals surface area contributed by atoms with E-state index < -0.39 is 5.91 Å². The summed E-state index contributed by atoms with van der Waals surface area (Å²) in [6.45, 7) is 3.72. The van der Waals surface area contributed by atoms with Gasteiger partial charge in [0.1, 0.15) is 0 Å². The normalized spacial score (nSPS) is 11.0. The van der Waals surface area contributed by atoms with Gasteiger partial charge in [-0.05, 0) is 34.7 Å². The molecule has 0 atom stereocenters. The van der Waals surface area contributed by atoms with Gasteiger partial charge in [0, 0.05) is 16.3 Å². The van der Waals surface area contributed by atoms with Crippen LogP contribution in [0.15, 0.2) is 48.5 Å². The first-order valence-electron chi connectivity index (χ1n) is 7.69. The quantitative estimate of drug-likeness (QED) is 0.746. The number of thiophene rings is 1. The van der Waals surface area contributed by atoms with Crippen LogP contribution in [0.4, 0.5) is 5.69 Å². The number of carbonyl (C=O) groups is 2. The number of carbonyl (C=O) groups excluding carboxylic acids is 2. The molecule has 1 heterocycles. The lowest BCUT2D eigenvalue weighted by atomic mass is 10.0. The molecule has 24 heavy (non-hydrogen) atoms. The molecule has 122 valence electrons. The van der Waals surface area contributed by atoms with Crippen molar-refractivity contribution in [3.63, 3.8) is 0 Å². The number of amides is 2. The van der Waals surface area contributed by atoms with Crippen LogP contribution in [0.2, 0.25) is 0 Å². The fourth-order valence-electron chi connectivity index (χ4n) is 2.46. The summed E-state index contributed by atoms with van der Waals surface area (Å²) in [5.41, 5.74) is 8.16. The smallest absolute Gasteiger partial charge is 0.258 e. The Labute approximate surface area is 144 Å². The molecule has 2 amide bonds. The highest BCUT2D eigenvalue weighted by atomic mass is 32.1. The molecular weight excluding hydrogens is 320 g/mol. The third-order valence-electron chi connectivity index (χ3n) is 3.75. The molecule has 0 saturated heterocycles. The number of hydrogen-bond donors (Lipinski definition) is 2. The molecule has 0 aliphatic carbocycles. The minimum atomic E-state index is -0.417. The maximum atomic E-state index is 11.9. The number of fused-ring (bicyclic) bond motifs is 1. The van der Waals surface area contributed by atoms with Gasteiger partial charge in [-0.3, -0.25) is 9.59 Å². The number of primary amides is 1. The van der Waals surface area contributed by atoms with Crippen molar-refractivity contribution in [2.75, 3.05) is 5.32 Å². The van der Waals surface area contributed by atoms with Crippen LogP contribution in [0.1, 0.15) is 23.5 Å². The molecule has 4 nitrogen and oxygen atoms in total. The molecule has 0 unspecified atom stereocenters. The summed E-state index contributed by atoms with van der Waals surface area (Å²) in [5.74, 6) is -0.509. The van der Waals surface area contributed by atoms with E-state index in [1.807, 2.05) is 62.4 Å². The van der Waals surface area contributed by atoms with Crippen LogP contribution in [-0.4, -0.2) is 11.8 Å². The summed E-state index contributed by atoms with van der Waals surface area (Å²) < 4.78 is 1.01. The van der Waals surface area contributed by atoms with Gasteiger partial charge in [0.05, 0.1) is 4.88 Å². The Morgan fingerprint density at radius 1 is 1.08 bits per heavy atom. The first-order valence-corrected chi connectivity index (χ1v) is 8.51. The van der Waals surface area contributed by atoms with Gasteiger partial charge in [0.25, 0.3) is 5.91 Å². The lowest BCUT2D eigenvalue weighted by Crippen LogP contribution is -2.17. The second-order valence-corrected chi connectivity index (χ2v) is 6.98. The highest BCUT2D eigenvalue weighted by Gasteiger charge is 2.12. The maximum absolute atomic E-state index is 11.9. The second kappa shape index (κ2) is 6.45. The molecule has 0 saturated carbocycles. The minimum Gasteiger partial charge on any atom is -0.365 e. The summed E-state index contributed by atoms with van der Waals surface area (Å²) in [7, 11) is 0. The van der Waals surface area contributed by atoms with Gasteiger partial charge in [-0.25, -0.2) is 0 Å². The van der Waals surface area contributed by atoms with Gasteiger partial charge in [-0.15, -0.1) is 11.3 Å². The number of anilines is 1. The Kier molecular flexibility index (Phi) is 4.36. The maximum Gasteiger partial charge on any atom is 0.258 e. The molecule has 0 fully saturated rings. The van der Waals surface area contributed by atoms with E-state index in [1.165, 1.54) is 11.3 Å². The first-order chi connectivity index (χ1) is 11.5. The topological polar surface area (TPSA) is 72.2 Å². The van der Waals surface area contributed by atoms with Crippen LogP contribution in [-0.2, 0) is 4.79 Å². The number of benzene rings is 2. The number of nitrogens with two attached hydrogens (primary N) is 1. The summed E-state index contributed by atoms with van der Waals surface area (Å²) in [4.78, 5) is 23.9. The van der Waals surface area contributed by atoms with Crippen molar-refractivity contribution < 1.29 is 9.59 Å². The van der Waals surface area contributed by atoms with Gasteiger partial charge < -0.3 is 11.1 Å². The van der Waals surface area contributed by atoms with Crippen molar-refractivity contribution in [1.82, 2.24) is 0 Å². The average Bonchev–Trinajstić information content (AvgIpc) is 2.99. The molecule has 0 aliphatic rings. The standard InChI is InChI=1S/C19H18N2O2S/c1-11(2)19(23)21-14-7-3-5-12(9-14)15-8-4-6-13-10-16(18(20)22)24-17(13)15/h3-11H,1-2H3,(H2,20,22)(H,21,23). The average molecular weight is 338 g/mol. The fraction of sp³-hybridized carbons (Fsp3) is 0.158. The van der Waals surface area contributed by atoms with Crippen molar-refractivity contribution >= 4 is 38.9 Å².